The number of hydrogen-bond donors (Lipinski definition) is 1. The number of carbonyl (C=O) groups is 1. The monoisotopic (exact) mass is 534 g/mol. The average molecular weight is 535 g/mol. The van der Waals surface area contributed by atoms with Crippen molar-refractivity contribution in [2.75, 3.05) is 64.1 Å². The van der Waals surface area contributed by atoms with Gasteiger partial charge in [-0.15, -0.1) is 10.2 Å². The molecule has 11 nitrogen and oxygen atoms in total. The normalized spacial score (nSPS) is 14.3. The lowest BCUT2D eigenvalue weighted by Crippen LogP contribution is -2.47. The number of fused-ring (bicyclic) bond motifs is 1. The molecule has 5 rings (SSSR count). The molecule has 0 radical (unpaired) electrons. The van der Waals surface area contributed by atoms with Crippen molar-refractivity contribution < 1.29 is 23.8 Å². The maximum Gasteiger partial charge on any atom is 0.305 e. The molecule has 1 saturated heterocycles. The van der Waals surface area contributed by atoms with E-state index in [1.807, 2.05) is 22.7 Å². The van der Waals surface area contributed by atoms with Crippen molar-refractivity contribution in [3.8, 4) is 11.1 Å². The number of piperazine rings is 1. The summed E-state index contributed by atoms with van der Waals surface area (Å²) in [7, 11) is 0. The van der Waals surface area contributed by atoms with Crippen LogP contribution in [0.15, 0.2) is 59.6 Å². The molecule has 0 bridgehead atoms. The first-order chi connectivity index (χ1) is 19.2. The largest absolute Gasteiger partial charge is 0.481 e. The van der Waals surface area contributed by atoms with Gasteiger partial charge in [-0.2, -0.15) is 0 Å². The zero-order valence-electron chi connectivity index (χ0n) is 21.9. The quantitative estimate of drug-likeness (QED) is 0.242. The minimum Gasteiger partial charge on any atom is -0.481 e. The van der Waals surface area contributed by atoms with Crippen molar-refractivity contribution >= 4 is 17.3 Å². The van der Waals surface area contributed by atoms with Gasteiger partial charge < -0.3 is 23.9 Å². The van der Waals surface area contributed by atoms with Crippen LogP contribution in [0.1, 0.15) is 18.0 Å². The lowest BCUT2D eigenvalue weighted by atomic mass is 10.1. The highest BCUT2D eigenvalue weighted by atomic mass is 16.5. The Morgan fingerprint density at radius 2 is 1.77 bits per heavy atom. The fourth-order valence-corrected chi connectivity index (χ4v) is 4.70. The molecular weight excluding hydrogens is 500 g/mol. The molecule has 11 heteroatoms. The number of carboxylic acids is 1. The number of aryl methyl sites for hydroxylation is 2. The van der Waals surface area contributed by atoms with Crippen molar-refractivity contribution in [3.05, 3.63) is 66.8 Å². The fourth-order valence-electron chi connectivity index (χ4n) is 4.70. The number of nitrogens with zero attached hydrogens (tertiary/aromatic N) is 6. The zero-order chi connectivity index (χ0) is 26.9. The second kappa shape index (κ2) is 13.3. The van der Waals surface area contributed by atoms with Crippen molar-refractivity contribution in [2.24, 2.45) is 0 Å². The first-order valence-electron chi connectivity index (χ1n) is 13.3. The Morgan fingerprint density at radius 3 is 2.51 bits per heavy atom. The number of rotatable bonds is 14. The average Bonchev–Trinajstić information content (AvgIpc) is 3.66. The molecule has 1 aliphatic heterocycles. The molecule has 0 spiro atoms. The molecule has 1 aliphatic rings. The van der Waals surface area contributed by atoms with E-state index >= 15 is 0 Å². The van der Waals surface area contributed by atoms with E-state index in [-0.39, 0.29) is 13.0 Å². The summed E-state index contributed by atoms with van der Waals surface area (Å²) in [4.78, 5) is 20.0. The van der Waals surface area contributed by atoms with Crippen LogP contribution in [0.3, 0.4) is 0 Å². The molecule has 0 saturated carbocycles. The molecule has 4 aromatic rings. The van der Waals surface area contributed by atoms with Crippen molar-refractivity contribution in [3.63, 3.8) is 0 Å². The predicted molar refractivity (Wildman–Crippen MR) is 145 cm³/mol. The van der Waals surface area contributed by atoms with Crippen LogP contribution < -0.4 is 4.90 Å². The number of ether oxygens (including phenoxy) is 2. The van der Waals surface area contributed by atoms with Gasteiger partial charge in [0.2, 0.25) is 0 Å². The number of furan rings is 1. The summed E-state index contributed by atoms with van der Waals surface area (Å²) in [5.74, 6) is 0.988. The predicted octanol–water partition coefficient (Wildman–Crippen LogP) is 2.80. The van der Waals surface area contributed by atoms with Crippen molar-refractivity contribution in [1.82, 2.24) is 24.5 Å². The SMILES string of the molecule is O=C(O)CCOCCOCCN1CCN(c2ccc(-c3cnc(CCc4ccco4)n4cnnc34)cc2)CC1. The van der Waals surface area contributed by atoms with E-state index in [9.17, 15) is 4.79 Å². The summed E-state index contributed by atoms with van der Waals surface area (Å²) >= 11 is 0. The smallest absolute Gasteiger partial charge is 0.305 e. The lowest BCUT2D eigenvalue weighted by Gasteiger charge is -2.36. The molecule has 0 atom stereocenters. The third-order valence-electron chi connectivity index (χ3n) is 6.88. The topological polar surface area (TPSA) is 118 Å². The third kappa shape index (κ3) is 7.20. The summed E-state index contributed by atoms with van der Waals surface area (Å²) in [5.41, 5.74) is 4.02. The van der Waals surface area contributed by atoms with Gasteiger partial charge in [0.15, 0.2) is 5.65 Å². The Labute approximate surface area is 227 Å². The molecule has 0 unspecified atom stereocenters. The summed E-state index contributed by atoms with van der Waals surface area (Å²) in [6.07, 6.45) is 6.83. The van der Waals surface area contributed by atoms with Crippen LogP contribution in [0.5, 0.6) is 0 Å². The molecule has 4 heterocycles. The van der Waals surface area contributed by atoms with Crippen LogP contribution >= 0.6 is 0 Å². The van der Waals surface area contributed by atoms with Gasteiger partial charge >= 0.3 is 5.97 Å². The Bertz CT molecular complexity index is 1320. The number of benzene rings is 1. The maximum atomic E-state index is 10.5. The second-order valence-electron chi connectivity index (χ2n) is 9.44. The van der Waals surface area contributed by atoms with Gasteiger partial charge in [-0.1, -0.05) is 12.1 Å². The fraction of sp³-hybridized carbons (Fsp3) is 0.429. The van der Waals surface area contributed by atoms with E-state index in [1.165, 1.54) is 5.69 Å². The van der Waals surface area contributed by atoms with Crippen LogP contribution in [0.2, 0.25) is 0 Å². The summed E-state index contributed by atoms with van der Waals surface area (Å²) in [6, 6.07) is 12.5. The summed E-state index contributed by atoms with van der Waals surface area (Å²) in [5, 5.41) is 17.1. The Kier molecular flexibility index (Phi) is 9.15. The van der Waals surface area contributed by atoms with Crippen LogP contribution in [0.4, 0.5) is 5.69 Å². The third-order valence-corrected chi connectivity index (χ3v) is 6.88. The standard InChI is InChI=1S/C28H34N6O5/c35-27(36)9-16-37-18-19-38-17-14-32-10-12-33(13-11-32)23-5-3-22(4-6-23)25-20-29-26(34-21-30-31-28(25)34)8-7-24-2-1-15-39-24/h1-6,15,20-21H,7-14,16-19H2,(H,35,36). The maximum absolute atomic E-state index is 10.5. The highest BCUT2D eigenvalue weighted by molar-refractivity contribution is 5.77. The first kappa shape index (κ1) is 26.8. The van der Waals surface area contributed by atoms with Gasteiger partial charge in [0.1, 0.15) is 17.9 Å². The van der Waals surface area contributed by atoms with Gasteiger partial charge in [0, 0.05) is 63.0 Å². The van der Waals surface area contributed by atoms with Gasteiger partial charge in [0.05, 0.1) is 39.1 Å². The second-order valence-corrected chi connectivity index (χ2v) is 9.44. The minimum absolute atomic E-state index is 0.0246. The number of carboxylic acid groups (broad SMARTS) is 1. The zero-order valence-corrected chi connectivity index (χ0v) is 21.9. The van der Waals surface area contributed by atoms with Crippen LogP contribution in [-0.2, 0) is 27.1 Å². The van der Waals surface area contributed by atoms with Gasteiger partial charge in [-0.25, -0.2) is 4.98 Å². The van der Waals surface area contributed by atoms with E-state index in [0.717, 1.165) is 73.9 Å². The molecular formula is C28H34N6O5. The first-order valence-corrected chi connectivity index (χ1v) is 13.3. The molecule has 1 aromatic carbocycles. The highest BCUT2D eigenvalue weighted by Crippen LogP contribution is 2.27. The summed E-state index contributed by atoms with van der Waals surface area (Å²) < 4.78 is 18.3. The van der Waals surface area contributed by atoms with E-state index in [2.05, 4.69) is 44.3 Å². The van der Waals surface area contributed by atoms with E-state index in [4.69, 9.17) is 24.0 Å². The molecule has 3 aromatic heterocycles. The van der Waals surface area contributed by atoms with Gasteiger partial charge in [-0.05, 0) is 29.8 Å². The molecule has 39 heavy (non-hydrogen) atoms. The Hall–Kier alpha value is -3.80. The van der Waals surface area contributed by atoms with E-state index in [0.29, 0.717) is 19.8 Å². The molecule has 206 valence electrons. The molecule has 0 amide bonds. The van der Waals surface area contributed by atoms with Crippen molar-refractivity contribution in [2.45, 2.75) is 19.3 Å². The Morgan fingerprint density at radius 1 is 0.974 bits per heavy atom. The molecule has 1 fully saturated rings. The number of aliphatic carboxylic acids is 1. The van der Waals surface area contributed by atoms with Crippen LogP contribution in [0, 0.1) is 0 Å². The molecule has 1 N–H and O–H groups in total. The van der Waals surface area contributed by atoms with Crippen LogP contribution in [-0.4, -0.2) is 94.7 Å². The number of aromatic nitrogens is 4. The van der Waals surface area contributed by atoms with Crippen LogP contribution in [0.25, 0.3) is 16.8 Å². The Balaban J connectivity index is 1.09. The van der Waals surface area contributed by atoms with Gasteiger partial charge in [-0.3, -0.25) is 14.1 Å². The van der Waals surface area contributed by atoms with Crippen molar-refractivity contribution in [1.29, 1.82) is 0 Å². The minimum atomic E-state index is -0.848. The lowest BCUT2D eigenvalue weighted by molar-refractivity contribution is -0.138. The van der Waals surface area contributed by atoms with Gasteiger partial charge in [0.25, 0.3) is 0 Å². The molecule has 0 aliphatic carbocycles. The summed E-state index contributed by atoms with van der Waals surface area (Å²) in [6.45, 7) is 6.51. The highest BCUT2D eigenvalue weighted by Gasteiger charge is 2.18. The number of hydrogen-bond acceptors (Lipinski definition) is 9. The van der Waals surface area contributed by atoms with E-state index < -0.39 is 5.97 Å². The van der Waals surface area contributed by atoms with E-state index in [1.54, 1.807) is 12.6 Å². The number of anilines is 1.